The lowest BCUT2D eigenvalue weighted by atomic mass is 10.1. The van der Waals surface area contributed by atoms with Crippen LogP contribution in [0.2, 0.25) is 0 Å². The summed E-state index contributed by atoms with van der Waals surface area (Å²) in [6, 6.07) is 9.79. The van der Waals surface area contributed by atoms with Crippen molar-refractivity contribution in [3.05, 3.63) is 65.5 Å². The van der Waals surface area contributed by atoms with Crippen LogP contribution in [0, 0.1) is 6.92 Å². The van der Waals surface area contributed by atoms with Gasteiger partial charge in [-0.25, -0.2) is 0 Å². The number of hydrogen-bond acceptors (Lipinski definition) is 2. The van der Waals surface area contributed by atoms with E-state index in [1.54, 1.807) is 18.5 Å². The van der Waals surface area contributed by atoms with Crippen LogP contribution in [0.4, 0.5) is 5.69 Å². The minimum atomic E-state index is 0.0426. The average molecular weight is 264 g/mol. The molecule has 1 amide bonds. The molecule has 0 fully saturated rings. The maximum atomic E-state index is 12.8. The van der Waals surface area contributed by atoms with Crippen LogP contribution in [0.3, 0.4) is 0 Å². The van der Waals surface area contributed by atoms with Gasteiger partial charge >= 0.3 is 0 Å². The van der Waals surface area contributed by atoms with Crippen molar-refractivity contribution in [2.24, 2.45) is 0 Å². The number of hydrogen-bond donors (Lipinski definition) is 0. The van der Waals surface area contributed by atoms with Gasteiger partial charge in [0.05, 0.1) is 5.69 Å². The Kier molecular flexibility index (Phi) is 3.33. The number of carbonyl (C=O) groups is 1. The van der Waals surface area contributed by atoms with Gasteiger partial charge in [0, 0.05) is 24.5 Å². The van der Waals surface area contributed by atoms with Gasteiger partial charge in [-0.05, 0) is 36.6 Å². The van der Waals surface area contributed by atoms with E-state index in [-0.39, 0.29) is 5.91 Å². The maximum absolute atomic E-state index is 12.8. The van der Waals surface area contributed by atoms with Crippen molar-refractivity contribution in [3.63, 3.8) is 0 Å². The summed E-state index contributed by atoms with van der Waals surface area (Å²) in [4.78, 5) is 18.7. The van der Waals surface area contributed by atoms with Crippen LogP contribution < -0.4 is 4.90 Å². The Hall–Kier alpha value is -2.42. The Morgan fingerprint density at radius 1 is 1.25 bits per heavy atom. The Bertz CT molecular complexity index is 676. The molecule has 0 bridgehead atoms. The summed E-state index contributed by atoms with van der Waals surface area (Å²) in [7, 11) is 0. The highest BCUT2D eigenvalue weighted by atomic mass is 16.2. The minimum Gasteiger partial charge on any atom is -0.307 e. The Balaban J connectivity index is 2.03. The number of fused-ring (bicyclic) bond motifs is 1. The molecule has 2 heterocycles. The van der Waals surface area contributed by atoms with Crippen molar-refractivity contribution in [2.75, 3.05) is 11.4 Å². The number of nitrogens with zero attached hydrogens (tertiary/aromatic N) is 2. The molecule has 0 N–H and O–H groups in total. The number of aryl methyl sites for hydroxylation is 1. The molecule has 20 heavy (non-hydrogen) atoms. The van der Waals surface area contributed by atoms with Crippen molar-refractivity contribution in [1.29, 1.82) is 0 Å². The van der Waals surface area contributed by atoms with Gasteiger partial charge in [-0.2, -0.15) is 0 Å². The topological polar surface area (TPSA) is 33.2 Å². The molecule has 0 saturated carbocycles. The lowest BCUT2D eigenvalue weighted by molar-refractivity contribution is 0.0986. The highest BCUT2D eigenvalue weighted by molar-refractivity contribution is 6.08. The minimum absolute atomic E-state index is 0.0426. The van der Waals surface area contributed by atoms with Gasteiger partial charge in [0.15, 0.2) is 0 Å². The van der Waals surface area contributed by atoms with Crippen LogP contribution in [0.25, 0.3) is 6.08 Å². The molecule has 2 aromatic rings. The van der Waals surface area contributed by atoms with Crippen LogP contribution >= 0.6 is 0 Å². The largest absolute Gasteiger partial charge is 0.307 e. The Morgan fingerprint density at radius 3 is 2.95 bits per heavy atom. The molecule has 0 spiro atoms. The molecule has 0 unspecified atom stereocenters. The zero-order valence-electron chi connectivity index (χ0n) is 11.4. The Morgan fingerprint density at radius 2 is 2.10 bits per heavy atom. The summed E-state index contributed by atoms with van der Waals surface area (Å²) in [5, 5.41) is 0. The summed E-state index contributed by atoms with van der Waals surface area (Å²) >= 11 is 0. The summed E-state index contributed by atoms with van der Waals surface area (Å²) in [5.41, 5.74) is 3.69. The van der Waals surface area contributed by atoms with E-state index in [4.69, 9.17) is 0 Å². The summed E-state index contributed by atoms with van der Waals surface area (Å²) in [5.74, 6) is 0.0426. The molecular formula is C17H16N2O. The first kappa shape index (κ1) is 12.6. The predicted molar refractivity (Wildman–Crippen MR) is 80.7 cm³/mol. The van der Waals surface area contributed by atoms with Crippen LogP contribution in [0.15, 0.2) is 48.8 Å². The second kappa shape index (κ2) is 5.29. The van der Waals surface area contributed by atoms with E-state index in [9.17, 15) is 4.79 Å². The van der Waals surface area contributed by atoms with Crippen molar-refractivity contribution in [2.45, 2.75) is 13.3 Å². The SMILES string of the molecule is Cc1cnccc1C(=O)N1CCC=Cc2ccccc21. The highest BCUT2D eigenvalue weighted by Gasteiger charge is 2.21. The lowest BCUT2D eigenvalue weighted by Gasteiger charge is -2.23. The van der Waals surface area contributed by atoms with Gasteiger partial charge in [0.25, 0.3) is 5.91 Å². The van der Waals surface area contributed by atoms with Gasteiger partial charge in [-0.1, -0.05) is 30.4 Å². The fourth-order valence-corrected chi connectivity index (χ4v) is 2.48. The normalized spacial score (nSPS) is 13.8. The first-order chi connectivity index (χ1) is 9.77. The standard InChI is InChI=1S/C17H16N2O/c1-13-12-18-10-9-15(13)17(20)19-11-5-4-7-14-6-2-3-8-16(14)19/h2-4,6-10,12H,5,11H2,1H3. The third-order valence-corrected chi connectivity index (χ3v) is 3.54. The quantitative estimate of drug-likeness (QED) is 0.790. The van der Waals surface area contributed by atoms with Gasteiger partial charge in [-0.3, -0.25) is 9.78 Å². The first-order valence-electron chi connectivity index (χ1n) is 6.75. The van der Waals surface area contributed by atoms with Gasteiger partial charge in [0.2, 0.25) is 0 Å². The highest BCUT2D eigenvalue weighted by Crippen LogP contribution is 2.26. The molecule has 1 aromatic carbocycles. The molecule has 1 aliphatic heterocycles. The number of aromatic nitrogens is 1. The molecular weight excluding hydrogens is 248 g/mol. The molecule has 1 aliphatic rings. The van der Waals surface area contributed by atoms with Gasteiger partial charge in [0.1, 0.15) is 0 Å². The van der Waals surface area contributed by atoms with E-state index in [1.807, 2.05) is 36.1 Å². The van der Waals surface area contributed by atoms with Crippen molar-refractivity contribution >= 4 is 17.7 Å². The number of benzene rings is 1. The van der Waals surface area contributed by atoms with Crippen LogP contribution in [0.5, 0.6) is 0 Å². The molecule has 0 radical (unpaired) electrons. The molecule has 100 valence electrons. The first-order valence-corrected chi connectivity index (χ1v) is 6.75. The maximum Gasteiger partial charge on any atom is 0.258 e. The third-order valence-electron chi connectivity index (χ3n) is 3.54. The molecule has 0 saturated heterocycles. The Labute approximate surface area is 118 Å². The van der Waals surface area contributed by atoms with E-state index in [0.717, 1.165) is 28.8 Å². The van der Waals surface area contributed by atoms with E-state index < -0.39 is 0 Å². The third kappa shape index (κ3) is 2.23. The summed E-state index contributed by atoms with van der Waals surface area (Å²) in [6.07, 6.45) is 8.47. The monoisotopic (exact) mass is 264 g/mol. The number of amides is 1. The fraction of sp³-hybridized carbons (Fsp3) is 0.176. The molecule has 3 heteroatoms. The zero-order chi connectivity index (χ0) is 13.9. The van der Waals surface area contributed by atoms with Gasteiger partial charge < -0.3 is 4.90 Å². The smallest absolute Gasteiger partial charge is 0.258 e. The second-order valence-electron chi connectivity index (χ2n) is 4.90. The van der Waals surface area contributed by atoms with E-state index in [0.29, 0.717) is 6.54 Å². The second-order valence-corrected chi connectivity index (χ2v) is 4.90. The van der Waals surface area contributed by atoms with Gasteiger partial charge in [-0.15, -0.1) is 0 Å². The van der Waals surface area contributed by atoms with E-state index >= 15 is 0 Å². The average Bonchev–Trinajstić information content (AvgIpc) is 2.69. The number of pyridine rings is 1. The number of rotatable bonds is 1. The van der Waals surface area contributed by atoms with Crippen molar-refractivity contribution in [3.8, 4) is 0 Å². The lowest BCUT2D eigenvalue weighted by Crippen LogP contribution is -2.32. The molecule has 1 aromatic heterocycles. The summed E-state index contributed by atoms with van der Waals surface area (Å²) < 4.78 is 0. The number of carbonyl (C=O) groups excluding carboxylic acids is 1. The number of anilines is 1. The molecule has 0 atom stereocenters. The number of para-hydroxylation sites is 1. The molecule has 3 nitrogen and oxygen atoms in total. The van der Waals surface area contributed by atoms with Crippen LogP contribution in [0.1, 0.15) is 27.9 Å². The van der Waals surface area contributed by atoms with Crippen molar-refractivity contribution < 1.29 is 4.79 Å². The predicted octanol–water partition coefficient (Wildman–Crippen LogP) is 3.45. The van der Waals surface area contributed by atoms with Crippen LogP contribution in [-0.2, 0) is 0 Å². The zero-order valence-corrected chi connectivity index (χ0v) is 11.4. The molecule has 3 rings (SSSR count). The summed E-state index contributed by atoms with van der Waals surface area (Å²) in [6.45, 7) is 2.62. The fourth-order valence-electron chi connectivity index (χ4n) is 2.48. The van der Waals surface area contributed by atoms with Crippen molar-refractivity contribution in [1.82, 2.24) is 4.98 Å². The van der Waals surface area contributed by atoms with E-state index in [2.05, 4.69) is 17.1 Å². The molecule has 0 aliphatic carbocycles. The van der Waals surface area contributed by atoms with E-state index in [1.165, 1.54) is 0 Å². The van der Waals surface area contributed by atoms with Crippen LogP contribution in [-0.4, -0.2) is 17.4 Å².